The summed E-state index contributed by atoms with van der Waals surface area (Å²) in [6.45, 7) is 0. The molecule has 0 spiro atoms. The molecule has 2 N–H and O–H groups in total. The molecule has 0 atom stereocenters. The molecule has 26 heavy (non-hydrogen) atoms. The van der Waals surface area contributed by atoms with Crippen molar-refractivity contribution in [1.29, 1.82) is 0 Å². The van der Waals surface area contributed by atoms with E-state index < -0.39 is 11.7 Å². The number of benzene rings is 2. The molecule has 0 amide bonds. The second kappa shape index (κ2) is 7.01. The van der Waals surface area contributed by atoms with Gasteiger partial charge in [-0.05, 0) is 30.3 Å². The van der Waals surface area contributed by atoms with Crippen molar-refractivity contribution in [2.24, 2.45) is 0 Å². The molecule has 3 rings (SSSR count). The predicted octanol–water partition coefficient (Wildman–Crippen LogP) is 5.92. The molecule has 2 aromatic carbocycles. The minimum Gasteiger partial charge on any atom is -0.506 e. The van der Waals surface area contributed by atoms with Crippen LogP contribution in [-0.4, -0.2) is 15.1 Å². The Hall–Kier alpha value is -2.51. The number of nitrogens with zero attached hydrogens (tertiary/aromatic N) is 2. The van der Waals surface area contributed by atoms with Gasteiger partial charge in [-0.3, -0.25) is 0 Å². The van der Waals surface area contributed by atoms with Gasteiger partial charge in [0.15, 0.2) is 5.82 Å². The third-order valence-electron chi connectivity index (χ3n) is 3.39. The Morgan fingerprint density at radius 2 is 1.62 bits per heavy atom. The van der Waals surface area contributed by atoms with Gasteiger partial charge in [0.2, 0.25) is 0 Å². The highest BCUT2D eigenvalue weighted by atomic mass is 35.5. The topological polar surface area (TPSA) is 58.0 Å². The van der Waals surface area contributed by atoms with E-state index in [-0.39, 0.29) is 22.5 Å². The Morgan fingerprint density at radius 3 is 2.27 bits per heavy atom. The summed E-state index contributed by atoms with van der Waals surface area (Å²) < 4.78 is 38.0. The lowest BCUT2D eigenvalue weighted by Crippen LogP contribution is -2.04. The van der Waals surface area contributed by atoms with Crippen LogP contribution in [0.2, 0.25) is 10.2 Å². The summed E-state index contributed by atoms with van der Waals surface area (Å²) in [6, 6.07) is 10.2. The smallest absolute Gasteiger partial charge is 0.416 e. The average molecular weight is 400 g/mol. The fourth-order valence-corrected chi connectivity index (χ4v) is 2.52. The first-order valence-electron chi connectivity index (χ1n) is 7.20. The predicted molar refractivity (Wildman–Crippen MR) is 93.9 cm³/mol. The van der Waals surface area contributed by atoms with E-state index in [0.717, 1.165) is 12.1 Å². The lowest BCUT2D eigenvalue weighted by atomic mass is 10.1. The lowest BCUT2D eigenvalue weighted by molar-refractivity contribution is -0.137. The molecule has 0 radical (unpaired) electrons. The van der Waals surface area contributed by atoms with Gasteiger partial charge in [-0.2, -0.15) is 13.2 Å². The number of hydrogen-bond donors (Lipinski definition) is 2. The number of aromatic hydroxyl groups is 1. The number of rotatable bonds is 3. The minimum absolute atomic E-state index is 0.0554. The zero-order valence-corrected chi connectivity index (χ0v) is 14.4. The van der Waals surface area contributed by atoms with Crippen molar-refractivity contribution in [2.45, 2.75) is 6.18 Å². The van der Waals surface area contributed by atoms with Crippen LogP contribution in [0.15, 0.2) is 48.5 Å². The summed E-state index contributed by atoms with van der Waals surface area (Å²) in [5, 5.41) is 13.2. The highest BCUT2D eigenvalue weighted by Gasteiger charge is 2.30. The summed E-state index contributed by atoms with van der Waals surface area (Å²) in [7, 11) is 0. The molecule has 4 nitrogen and oxygen atoms in total. The second-order valence-electron chi connectivity index (χ2n) is 5.26. The Balaban J connectivity index is 1.94. The first-order valence-corrected chi connectivity index (χ1v) is 7.96. The third kappa shape index (κ3) is 4.17. The van der Waals surface area contributed by atoms with Crippen LogP contribution in [0.25, 0.3) is 11.4 Å². The van der Waals surface area contributed by atoms with Gasteiger partial charge in [0.1, 0.15) is 16.7 Å². The van der Waals surface area contributed by atoms with E-state index in [9.17, 15) is 18.3 Å². The van der Waals surface area contributed by atoms with Crippen molar-refractivity contribution in [1.82, 2.24) is 9.97 Å². The van der Waals surface area contributed by atoms with Crippen LogP contribution in [0.4, 0.5) is 24.7 Å². The van der Waals surface area contributed by atoms with Crippen LogP contribution in [0, 0.1) is 0 Å². The number of nitrogens with one attached hydrogen (secondary N) is 1. The molecule has 1 aromatic heterocycles. The fraction of sp³-hybridized carbons (Fsp3) is 0.0588. The van der Waals surface area contributed by atoms with E-state index in [2.05, 4.69) is 15.3 Å². The van der Waals surface area contributed by atoms with Crippen LogP contribution in [-0.2, 0) is 6.18 Å². The Kier molecular flexibility index (Phi) is 4.93. The van der Waals surface area contributed by atoms with Crippen LogP contribution in [0.3, 0.4) is 0 Å². The van der Waals surface area contributed by atoms with Gasteiger partial charge in [0.25, 0.3) is 0 Å². The number of halogens is 5. The van der Waals surface area contributed by atoms with E-state index in [0.29, 0.717) is 16.3 Å². The highest BCUT2D eigenvalue weighted by Crippen LogP contribution is 2.32. The third-order valence-corrected chi connectivity index (χ3v) is 3.82. The van der Waals surface area contributed by atoms with Gasteiger partial charge in [-0.25, -0.2) is 9.97 Å². The molecule has 0 bridgehead atoms. The first kappa shape index (κ1) is 18.3. The largest absolute Gasteiger partial charge is 0.506 e. The van der Waals surface area contributed by atoms with Gasteiger partial charge >= 0.3 is 6.18 Å². The van der Waals surface area contributed by atoms with Crippen molar-refractivity contribution < 1.29 is 18.3 Å². The average Bonchev–Trinajstić information content (AvgIpc) is 2.57. The van der Waals surface area contributed by atoms with E-state index in [1.54, 1.807) is 0 Å². The van der Waals surface area contributed by atoms with Gasteiger partial charge in [-0.1, -0.05) is 35.3 Å². The van der Waals surface area contributed by atoms with E-state index in [1.165, 1.54) is 36.4 Å². The maximum atomic E-state index is 12.7. The van der Waals surface area contributed by atoms with Gasteiger partial charge in [0.05, 0.1) is 11.3 Å². The normalized spacial score (nSPS) is 11.4. The molecular formula is C17H10Cl2F3N3O. The number of phenolic OH excluding ortho intramolecular Hbond substituents is 1. The summed E-state index contributed by atoms with van der Waals surface area (Å²) in [5.41, 5.74) is -0.116. The Labute approximate surface area is 156 Å². The molecule has 0 aliphatic heterocycles. The number of alkyl halides is 3. The molecule has 0 aliphatic carbocycles. The quantitative estimate of drug-likeness (QED) is 0.424. The molecular weight excluding hydrogens is 390 g/mol. The van der Waals surface area contributed by atoms with Gasteiger partial charge < -0.3 is 10.4 Å². The molecule has 0 saturated heterocycles. The summed E-state index contributed by atoms with van der Waals surface area (Å²) in [5.74, 6) is 0.327. The summed E-state index contributed by atoms with van der Waals surface area (Å²) in [4.78, 5) is 8.24. The van der Waals surface area contributed by atoms with E-state index in [4.69, 9.17) is 23.2 Å². The summed E-state index contributed by atoms with van der Waals surface area (Å²) in [6.07, 6.45) is -4.43. The van der Waals surface area contributed by atoms with Gasteiger partial charge in [0, 0.05) is 16.7 Å². The van der Waals surface area contributed by atoms with E-state index in [1.807, 2.05) is 0 Å². The van der Waals surface area contributed by atoms with Gasteiger partial charge in [-0.15, -0.1) is 0 Å². The van der Waals surface area contributed by atoms with Crippen molar-refractivity contribution in [3.05, 3.63) is 64.3 Å². The molecule has 9 heteroatoms. The molecule has 0 aliphatic rings. The standard InChI is InChI=1S/C17H10Cl2F3N3O/c18-11-5-6-13(26)12(7-11)23-15-8-14(19)24-16(25-15)9-1-3-10(4-2-9)17(20,21)22/h1-8,26H,(H,23,24,25). The van der Waals surface area contributed by atoms with Crippen molar-refractivity contribution >= 4 is 34.7 Å². The lowest BCUT2D eigenvalue weighted by Gasteiger charge is -2.11. The van der Waals surface area contributed by atoms with Crippen LogP contribution in [0.5, 0.6) is 5.75 Å². The van der Waals surface area contributed by atoms with Crippen LogP contribution in [0.1, 0.15) is 5.56 Å². The molecule has 0 unspecified atom stereocenters. The summed E-state index contributed by atoms with van der Waals surface area (Å²) >= 11 is 11.9. The maximum absolute atomic E-state index is 12.7. The Bertz CT molecular complexity index is 947. The van der Waals surface area contributed by atoms with Crippen LogP contribution >= 0.6 is 23.2 Å². The van der Waals surface area contributed by atoms with Crippen molar-refractivity contribution in [3.8, 4) is 17.1 Å². The van der Waals surface area contributed by atoms with E-state index >= 15 is 0 Å². The number of aromatic nitrogens is 2. The molecule has 0 fully saturated rings. The monoisotopic (exact) mass is 399 g/mol. The molecule has 134 valence electrons. The zero-order valence-electron chi connectivity index (χ0n) is 12.9. The van der Waals surface area contributed by atoms with Crippen LogP contribution < -0.4 is 5.32 Å². The second-order valence-corrected chi connectivity index (χ2v) is 6.08. The number of phenols is 1. The maximum Gasteiger partial charge on any atom is 0.416 e. The minimum atomic E-state index is -4.43. The fourth-order valence-electron chi connectivity index (χ4n) is 2.17. The molecule has 0 saturated carbocycles. The number of hydrogen-bond acceptors (Lipinski definition) is 4. The highest BCUT2D eigenvalue weighted by molar-refractivity contribution is 6.31. The molecule has 3 aromatic rings. The number of anilines is 2. The molecule has 1 heterocycles. The Morgan fingerprint density at radius 1 is 0.923 bits per heavy atom. The SMILES string of the molecule is Oc1ccc(Cl)cc1Nc1cc(Cl)nc(-c2ccc(C(F)(F)F)cc2)n1. The van der Waals surface area contributed by atoms with Crippen molar-refractivity contribution in [3.63, 3.8) is 0 Å². The van der Waals surface area contributed by atoms with Crippen molar-refractivity contribution in [2.75, 3.05) is 5.32 Å². The zero-order chi connectivity index (χ0) is 18.9. The first-order chi connectivity index (χ1) is 12.2.